The van der Waals surface area contributed by atoms with Gasteiger partial charge in [0.15, 0.2) is 6.23 Å². The Kier molecular flexibility index (Phi) is 9.16. The minimum atomic E-state index is -0.476. The molecule has 39 heavy (non-hydrogen) atoms. The number of carbonyl (C=O) groups is 1. The minimum Gasteiger partial charge on any atom is -0.399 e. The fourth-order valence-corrected chi connectivity index (χ4v) is 4.44. The van der Waals surface area contributed by atoms with Crippen LogP contribution in [-0.4, -0.2) is 39.3 Å². The molecule has 0 spiro atoms. The molecule has 0 aliphatic carbocycles. The van der Waals surface area contributed by atoms with E-state index in [4.69, 9.17) is 15.6 Å². The predicted octanol–water partition coefficient (Wildman–Crippen LogP) is 6.18. The van der Waals surface area contributed by atoms with Crippen LogP contribution in [0.4, 0.5) is 14.5 Å². The molecule has 204 valence electrons. The first kappa shape index (κ1) is 28.1. The van der Waals surface area contributed by atoms with Crippen LogP contribution in [0.3, 0.4) is 0 Å². The van der Waals surface area contributed by atoms with Crippen molar-refractivity contribution in [2.24, 2.45) is 0 Å². The van der Waals surface area contributed by atoms with Gasteiger partial charge in [0.2, 0.25) is 0 Å². The number of hydrogen-bond donors (Lipinski definition) is 1. The first-order chi connectivity index (χ1) is 18.8. The van der Waals surface area contributed by atoms with Gasteiger partial charge in [-0.1, -0.05) is 19.1 Å². The Balaban J connectivity index is 0.000000648. The molecular weight excluding hydrogens is 500 g/mol. The van der Waals surface area contributed by atoms with Gasteiger partial charge in [-0.05, 0) is 79.9 Å². The molecule has 7 nitrogen and oxygen atoms in total. The molecule has 5 rings (SSSR count). The van der Waals surface area contributed by atoms with Gasteiger partial charge in [0.25, 0.3) is 0 Å². The van der Waals surface area contributed by atoms with Crippen molar-refractivity contribution in [3.8, 4) is 16.9 Å². The predicted molar refractivity (Wildman–Crippen MR) is 147 cm³/mol. The van der Waals surface area contributed by atoms with E-state index in [2.05, 4.69) is 16.9 Å². The van der Waals surface area contributed by atoms with E-state index in [-0.39, 0.29) is 17.7 Å². The maximum Gasteiger partial charge on any atom is 0.158 e. The molecule has 2 atom stereocenters. The van der Waals surface area contributed by atoms with Gasteiger partial charge in [-0.15, -0.1) is 10.2 Å². The van der Waals surface area contributed by atoms with E-state index in [1.54, 1.807) is 12.1 Å². The zero-order chi connectivity index (χ0) is 27.9. The summed E-state index contributed by atoms with van der Waals surface area (Å²) in [5.74, 6) is -0.706. The monoisotopic (exact) mass is 533 g/mol. The number of hydrogen-bond acceptors (Lipinski definition) is 6. The van der Waals surface area contributed by atoms with Gasteiger partial charge in [-0.2, -0.15) is 4.80 Å². The number of nitrogens with two attached hydrogens (primary N) is 1. The normalized spacial score (nSPS) is 16.0. The highest BCUT2D eigenvalue weighted by Crippen LogP contribution is 2.38. The lowest BCUT2D eigenvalue weighted by molar-refractivity contribution is -0.107. The van der Waals surface area contributed by atoms with E-state index >= 15 is 0 Å². The molecule has 1 fully saturated rings. The molecule has 2 unspecified atom stereocenters. The molecule has 0 radical (unpaired) electrons. The van der Waals surface area contributed by atoms with Gasteiger partial charge in [0.05, 0.1) is 12.3 Å². The summed E-state index contributed by atoms with van der Waals surface area (Å²) >= 11 is 0. The van der Waals surface area contributed by atoms with Gasteiger partial charge >= 0.3 is 0 Å². The quantitative estimate of drug-likeness (QED) is 0.226. The lowest BCUT2D eigenvalue weighted by atomic mass is 10.0. The highest BCUT2D eigenvalue weighted by molar-refractivity contribution is 5.62. The van der Waals surface area contributed by atoms with Crippen molar-refractivity contribution < 1.29 is 18.3 Å². The second kappa shape index (κ2) is 12.7. The number of unbranched alkanes of at least 4 members (excludes halogenated alkanes) is 1. The van der Waals surface area contributed by atoms with Gasteiger partial charge in [0, 0.05) is 36.3 Å². The molecule has 1 aromatic heterocycles. The maximum atomic E-state index is 14.1. The number of aromatic nitrogens is 3. The zero-order valence-corrected chi connectivity index (χ0v) is 22.3. The molecular formula is C30H33F2N5O2. The summed E-state index contributed by atoms with van der Waals surface area (Å²) in [6.45, 7) is 7.12. The third-order valence-corrected chi connectivity index (χ3v) is 6.50. The molecule has 1 aliphatic rings. The van der Waals surface area contributed by atoms with Gasteiger partial charge in [-0.25, -0.2) is 8.78 Å². The van der Waals surface area contributed by atoms with Crippen molar-refractivity contribution in [3.63, 3.8) is 0 Å². The Morgan fingerprint density at radius 1 is 1.05 bits per heavy atom. The largest absolute Gasteiger partial charge is 0.399 e. The molecule has 1 aliphatic heterocycles. The second-order valence-corrected chi connectivity index (χ2v) is 9.48. The summed E-state index contributed by atoms with van der Waals surface area (Å²) in [5, 5.41) is 9.42. The van der Waals surface area contributed by atoms with Crippen molar-refractivity contribution in [1.29, 1.82) is 0 Å². The van der Waals surface area contributed by atoms with Crippen molar-refractivity contribution in [2.45, 2.75) is 45.9 Å². The zero-order valence-electron chi connectivity index (χ0n) is 22.3. The number of ether oxygens (including phenoxy) is 1. The van der Waals surface area contributed by atoms with E-state index in [0.717, 1.165) is 23.8 Å². The molecule has 3 aromatic carbocycles. The standard InChI is InChI=1S/C26H25F2N5O.C4H8O/c1-16-13-21(28)15-23(14-16)33-30-24(19-3-7-20(27)8-4-19)25(31-33)26-32(11-12-34-26)17(2)18-5-9-22(29)10-6-18;1-2-3-4-5/h3-10,13-15,17,26H,11-12,29H2,1-2H3;4H,2-3H2,1H3. The van der Waals surface area contributed by atoms with E-state index in [1.165, 1.54) is 29.1 Å². The highest BCUT2D eigenvalue weighted by atomic mass is 19.1. The van der Waals surface area contributed by atoms with E-state index in [9.17, 15) is 13.6 Å². The number of aryl methyl sites for hydroxylation is 1. The fraction of sp³-hybridized carbons (Fsp3) is 0.300. The van der Waals surface area contributed by atoms with Crippen LogP contribution in [0.2, 0.25) is 0 Å². The Morgan fingerprint density at radius 2 is 1.77 bits per heavy atom. The van der Waals surface area contributed by atoms with E-state index < -0.39 is 6.23 Å². The molecule has 1 saturated heterocycles. The SMILES string of the molecule is CCCC=O.Cc1cc(F)cc(-n2nc(-c3ccc(F)cc3)c(C3OCCN3C(C)c3ccc(N)cc3)n2)c1. The van der Waals surface area contributed by atoms with E-state index in [0.29, 0.717) is 47.9 Å². The lowest BCUT2D eigenvalue weighted by Gasteiger charge is -2.28. The number of aldehydes is 1. The van der Waals surface area contributed by atoms with Gasteiger partial charge in [0.1, 0.15) is 29.3 Å². The topological polar surface area (TPSA) is 86.3 Å². The van der Waals surface area contributed by atoms with Crippen molar-refractivity contribution in [2.75, 3.05) is 18.9 Å². The number of nitrogens with zero attached hydrogens (tertiary/aromatic N) is 4. The third-order valence-electron chi connectivity index (χ3n) is 6.50. The second-order valence-electron chi connectivity index (χ2n) is 9.48. The summed E-state index contributed by atoms with van der Waals surface area (Å²) in [6.07, 6.45) is 2.14. The lowest BCUT2D eigenvalue weighted by Crippen LogP contribution is -2.28. The van der Waals surface area contributed by atoms with Crippen LogP contribution in [0.25, 0.3) is 16.9 Å². The maximum absolute atomic E-state index is 14.1. The summed E-state index contributed by atoms with van der Waals surface area (Å²) in [7, 11) is 0. The summed E-state index contributed by atoms with van der Waals surface area (Å²) in [6, 6.07) is 18.5. The Labute approximate surface area is 227 Å². The number of nitrogen functional groups attached to an aromatic ring is 1. The van der Waals surface area contributed by atoms with Crippen LogP contribution in [0.1, 0.15) is 55.8 Å². The van der Waals surface area contributed by atoms with Crippen molar-refractivity contribution in [1.82, 2.24) is 19.9 Å². The van der Waals surface area contributed by atoms with Crippen LogP contribution >= 0.6 is 0 Å². The van der Waals surface area contributed by atoms with Crippen LogP contribution in [0.15, 0.2) is 66.7 Å². The van der Waals surface area contributed by atoms with Gasteiger partial charge in [-0.3, -0.25) is 4.90 Å². The fourth-order valence-electron chi connectivity index (χ4n) is 4.44. The first-order valence-corrected chi connectivity index (χ1v) is 13.0. The van der Waals surface area contributed by atoms with Crippen molar-refractivity contribution in [3.05, 3.63) is 95.2 Å². The van der Waals surface area contributed by atoms with Crippen LogP contribution in [0.5, 0.6) is 0 Å². The molecule has 0 saturated carbocycles. The Morgan fingerprint density at radius 3 is 2.38 bits per heavy atom. The molecule has 0 amide bonds. The molecule has 2 heterocycles. The Hall–Kier alpha value is -3.95. The molecule has 0 bridgehead atoms. The number of halogens is 2. The Bertz CT molecular complexity index is 1370. The molecule has 2 N–H and O–H groups in total. The summed E-state index contributed by atoms with van der Waals surface area (Å²) in [4.78, 5) is 13.0. The molecule has 9 heteroatoms. The summed E-state index contributed by atoms with van der Waals surface area (Å²) in [5.41, 5.74) is 10.8. The molecule has 4 aromatic rings. The first-order valence-electron chi connectivity index (χ1n) is 13.0. The smallest absolute Gasteiger partial charge is 0.158 e. The number of benzene rings is 3. The third kappa shape index (κ3) is 6.74. The average molecular weight is 534 g/mol. The van der Waals surface area contributed by atoms with E-state index in [1.807, 2.05) is 44.2 Å². The average Bonchev–Trinajstić information content (AvgIpc) is 3.57. The minimum absolute atomic E-state index is 0.0238. The number of carbonyl (C=O) groups excluding carboxylic acids is 1. The number of rotatable bonds is 7. The highest BCUT2D eigenvalue weighted by Gasteiger charge is 2.36. The van der Waals surface area contributed by atoms with Crippen LogP contribution in [-0.2, 0) is 9.53 Å². The van der Waals surface area contributed by atoms with Gasteiger partial charge < -0.3 is 15.3 Å². The number of anilines is 1. The van der Waals surface area contributed by atoms with Crippen LogP contribution in [0, 0.1) is 18.6 Å². The van der Waals surface area contributed by atoms with Crippen molar-refractivity contribution >= 4 is 12.0 Å². The summed E-state index contributed by atoms with van der Waals surface area (Å²) < 4.78 is 33.9. The van der Waals surface area contributed by atoms with Crippen LogP contribution < -0.4 is 5.73 Å².